The molecule has 0 fully saturated rings. The van der Waals surface area contributed by atoms with E-state index in [1.54, 1.807) is 21.3 Å². The van der Waals surface area contributed by atoms with Crippen LogP contribution in [0.25, 0.3) is 11.0 Å². The highest BCUT2D eigenvalue weighted by atomic mass is 35.5. The number of aromatic nitrogens is 2. The Hall–Kier alpha value is -1.46. The third kappa shape index (κ3) is 3.09. The Balaban J connectivity index is 2.56. The van der Waals surface area contributed by atoms with E-state index in [0.717, 1.165) is 23.3 Å². The molecule has 6 heteroatoms. The van der Waals surface area contributed by atoms with E-state index in [0.29, 0.717) is 24.0 Å². The molecule has 1 atom stereocenters. The van der Waals surface area contributed by atoms with Gasteiger partial charge < -0.3 is 18.8 Å². The molecule has 1 aromatic heterocycles. The average molecular weight is 313 g/mol. The van der Waals surface area contributed by atoms with Crippen LogP contribution in [0.3, 0.4) is 0 Å². The second-order valence-electron chi connectivity index (χ2n) is 4.86. The summed E-state index contributed by atoms with van der Waals surface area (Å²) in [5.41, 5.74) is 1.85. The molecule has 2 rings (SSSR count). The Morgan fingerprint density at radius 3 is 2.43 bits per heavy atom. The summed E-state index contributed by atoms with van der Waals surface area (Å²) in [6.07, 6.45) is 0.889. The Morgan fingerprint density at radius 1 is 1.19 bits per heavy atom. The van der Waals surface area contributed by atoms with E-state index in [1.807, 2.05) is 12.1 Å². The van der Waals surface area contributed by atoms with Crippen molar-refractivity contribution in [3.63, 3.8) is 0 Å². The maximum atomic E-state index is 6.05. The lowest BCUT2D eigenvalue weighted by Crippen LogP contribution is -2.10. The Morgan fingerprint density at radius 2 is 1.86 bits per heavy atom. The highest BCUT2D eigenvalue weighted by Gasteiger charge is 2.18. The van der Waals surface area contributed by atoms with Crippen LogP contribution in [0.15, 0.2) is 12.1 Å². The van der Waals surface area contributed by atoms with Crippen LogP contribution in [0.2, 0.25) is 0 Å². The summed E-state index contributed by atoms with van der Waals surface area (Å²) in [7, 11) is 4.95. The minimum Gasteiger partial charge on any atom is -0.493 e. The van der Waals surface area contributed by atoms with Crippen LogP contribution < -0.4 is 9.47 Å². The SMILES string of the molecule is COCCC(C)n1c(CCl)nc2cc(OC)c(OC)cc21. The second kappa shape index (κ2) is 7.00. The standard InChI is InChI=1S/C15H21ClN2O3/c1-10(5-6-19-2)18-12-8-14(21-4)13(20-3)7-11(12)17-15(18)9-16/h7-8,10H,5-6,9H2,1-4H3. The summed E-state index contributed by atoms with van der Waals surface area (Å²) >= 11 is 6.05. The summed E-state index contributed by atoms with van der Waals surface area (Å²) in [6, 6.07) is 4.06. The fourth-order valence-corrected chi connectivity index (χ4v) is 2.66. The molecule has 21 heavy (non-hydrogen) atoms. The molecule has 0 aliphatic rings. The zero-order valence-corrected chi connectivity index (χ0v) is 13.6. The molecule has 5 nitrogen and oxygen atoms in total. The molecule has 2 aromatic rings. The lowest BCUT2D eigenvalue weighted by atomic mass is 10.2. The van der Waals surface area contributed by atoms with Crippen LogP contribution in [0.5, 0.6) is 11.5 Å². The smallest absolute Gasteiger partial charge is 0.163 e. The lowest BCUT2D eigenvalue weighted by molar-refractivity contribution is 0.181. The fraction of sp³-hybridized carbons (Fsp3) is 0.533. The molecule has 0 saturated heterocycles. The van der Waals surface area contributed by atoms with Crippen molar-refractivity contribution in [2.45, 2.75) is 25.3 Å². The predicted octanol–water partition coefficient (Wildman–Crippen LogP) is 3.39. The summed E-state index contributed by atoms with van der Waals surface area (Å²) in [4.78, 5) is 4.60. The molecule has 1 aromatic carbocycles. The number of nitrogens with zero attached hydrogens (tertiary/aromatic N) is 2. The number of methoxy groups -OCH3 is 3. The normalized spacial score (nSPS) is 12.6. The lowest BCUT2D eigenvalue weighted by Gasteiger charge is -2.17. The van der Waals surface area contributed by atoms with E-state index in [-0.39, 0.29) is 6.04 Å². The number of hydrogen-bond acceptors (Lipinski definition) is 4. The topological polar surface area (TPSA) is 45.5 Å². The number of ether oxygens (including phenoxy) is 3. The van der Waals surface area contributed by atoms with Crippen LogP contribution in [0.1, 0.15) is 25.2 Å². The molecular weight excluding hydrogens is 292 g/mol. The van der Waals surface area contributed by atoms with Gasteiger partial charge in [-0.25, -0.2) is 4.98 Å². The first-order valence-electron chi connectivity index (χ1n) is 6.84. The number of imidazole rings is 1. The maximum absolute atomic E-state index is 6.05. The molecule has 1 unspecified atom stereocenters. The van der Waals surface area contributed by atoms with Gasteiger partial charge in [0.25, 0.3) is 0 Å². The van der Waals surface area contributed by atoms with E-state index in [9.17, 15) is 0 Å². The van der Waals surface area contributed by atoms with Gasteiger partial charge >= 0.3 is 0 Å². The number of halogens is 1. The minimum atomic E-state index is 0.238. The number of rotatable bonds is 7. The van der Waals surface area contributed by atoms with Gasteiger partial charge in [-0.05, 0) is 13.3 Å². The third-order valence-electron chi connectivity index (χ3n) is 3.57. The van der Waals surface area contributed by atoms with Crippen molar-refractivity contribution in [1.29, 1.82) is 0 Å². The second-order valence-corrected chi connectivity index (χ2v) is 5.13. The number of alkyl halides is 1. The van der Waals surface area contributed by atoms with Crippen molar-refractivity contribution in [2.24, 2.45) is 0 Å². The first kappa shape index (κ1) is 15.9. The summed E-state index contributed by atoms with van der Waals surface area (Å²) in [5, 5.41) is 0. The summed E-state index contributed by atoms with van der Waals surface area (Å²) < 4.78 is 18.0. The van der Waals surface area contributed by atoms with Crippen molar-refractivity contribution >= 4 is 22.6 Å². The number of benzene rings is 1. The van der Waals surface area contributed by atoms with Gasteiger partial charge in [0.1, 0.15) is 5.82 Å². The van der Waals surface area contributed by atoms with Gasteiger partial charge in [-0.2, -0.15) is 0 Å². The first-order valence-corrected chi connectivity index (χ1v) is 7.37. The first-order chi connectivity index (χ1) is 10.2. The molecule has 0 saturated carbocycles. The van der Waals surface area contributed by atoms with Crippen LogP contribution in [-0.2, 0) is 10.6 Å². The molecule has 116 valence electrons. The largest absolute Gasteiger partial charge is 0.493 e. The summed E-state index contributed by atoms with van der Waals surface area (Å²) in [6.45, 7) is 2.82. The quantitative estimate of drug-likeness (QED) is 0.735. The fourth-order valence-electron chi connectivity index (χ4n) is 2.48. The maximum Gasteiger partial charge on any atom is 0.163 e. The van der Waals surface area contributed by atoms with E-state index in [1.165, 1.54) is 0 Å². The molecule has 0 bridgehead atoms. The van der Waals surface area contributed by atoms with E-state index in [2.05, 4.69) is 16.5 Å². The Kier molecular flexibility index (Phi) is 5.31. The van der Waals surface area contributed by atoms with Crippen molar-refractivity contribution < 1.29 is 14.2 Å². The van der Waals surface area contributed by atoms with Crippen LogP contribution in [0.4, 0.5) is 0 Å². The van der Waals surface area contributed by atoms with Crippen molar-refractivity contribution in [1.82, 2.24) is 9.55 Å². The molecule has 1 heterocycles. The molecule has 0 spiro atoms. The predicted molar refractivity (Wildman–Crippen MR) is 83.6 cm³/mol. The molecular formula is C15H21ClN2O3. The van der Waals surface area contributed by atoms with Crippen molar-refractivity contribution in [2.75, 3.05) is 27.9 Å². The van der Waals surface area contributed by atoms with Gasteiger partial charge in [0.15, 0.2) is 11.5 Å². The van der Waals surface area contributed by atoms with Crippen molar-refractivity contribution in [3.8, 4) is 11.5 Å². The molecule has 0 aliphatic carbocycles. The van der Waals surface area contributed by atoms with Gasteiger partial charge in [-0.15, -0.1) is 11.6 Å². The number of hydrogen-bond donors (Lipinski definition) is 0. The molecule has 0 N–H and O–H groups in total. The van der Waals surface area contributed by atoms with Gasteiger partial charge in [-0.1, -0.05) is 0 Å². The van der Waals surface area contributed by atoms with E-state index in [4.69, 9.17) is 25.8 Å². The summed E-state index contributed by atoms with van der Waals surface area (Å²) in [5.74, 6) is 2.55. The van der Waals surface area contributed by atoms with Gasteiger partial charge in [0.05, 0.1) is 31.1 Å². The van der Waals surface area contributed by atoms with Crippen molar-refractivity contribution in [3.05, 3.63) is 18.0 Å². The van der Waals surface area contributed by atoms with Crippen LogP contribution in [0, 0.1) is 0 Å². The molecule has 0 amide bonds. The zero-order valence-electron chi connectivity index (χ0n) is 12.9. The highest BCUT2D eigenvalue weighted by Crippen LogP contribution is 2.34. The monoisotopic (exact) mass is 312 g/mol. The van der Waals surface area contributed by atoms with Gasteiger partial charge in [-0.3, -0.25) is 0 Å². The third-order valence-corrected chi connectivity index (χ3v) is 3.81. The molecule has 0 aliphatic heterocycles. The van der Waals surface area contributed by atoms with E-state index < -0.39 is 0 Å². The van der Waals surface area contributed by atoms with Gasteiger partial charge in [0.2, 0.25) is 0 Å². The zero-order chi connectivity index (χ0) is 15.4. The van der Waals surface area contributed by atoms with Gasteiger partial charge in [0, 0.05) is 31.9 Å². The van der Waals surface area contributed by atoms with Crippen LogP contribution >= 0.6 is 11.6 Å². The average Bonchev–Trinajstić information content (AvgIpc) is 2.88. The van der Waals surface area contributed by atoms with E-state index >= 15 is 0 Å². The van der Waals surface area contributed by atoms with Crippen LogP contribution in [-0.4, -0.2) is 37.5 Å². The number of fused-ring (bicyclic) bond motifs is 1. The Labute approximate surface area is 129 Å². The highest BCUT2D eigenvalue weighted by molar-refractivity contribution is 6.16. The Bertz CT molecular complexity index is 612. The minimum absolute atomic E-state index is 0.238. The molecule has 0 radical (unpaired) electrons.